The molecule has 2 heteroatoms. The normalized spacial score (nSPS) is 15.5. The Bertz CT molecular complexity index is 256. The van der Waals surface area contributed by atoms with E-state index in [0.29, 0.717) is 15.6 Å². The predicted molar refractivity (Wildman–Crippen MR) is 70.3 cm³/mol. The van der Waals surface area contributed by atoms with Gasteiger partial charge < -0.3 is 0 Å². The fourth-order valence-corrected chi connectivity index (χ4v) is 2.85. The summed E-state index contributed by atoms with van der Waals surface area (Å²) >= 11 is 7.43. The molecule has 0 bridgehead atoms. The van der Waals surface area contributed by atoms with Crippen LogP contribution in [-0.4, -0.2) is 4.83 Å². The fraction of sp³-hybridized carbons (Fsp3) is 0.500. The largest absolute Gasteiger partial charge is 0.0887 e. The van der Waals surface area contributed by atoms with Gasteiger partial charge in [0.05, 0.1) is 0 Å². The van der Waals surface area contributed by atoms with Crippen LogP contribution in [0.2, 0.25) is 0 Å². The van der Waals surface area contributed by atoms with Gasteiger partial charge in [-0.25, -0.2) is 0 Å². The van der Waals surface area contributed by atoms with Gasteiger partial charge >= 0.3 is 0 Å². The van der Waals surface area contributed by atoms with Crippen LogP contribution in [0, 0.1) is 5.92 Å². The topological polar surface area (TPSA) is 0 Å². The predicted octanol–water partition coefficient (Wildman–Crippen LogP) is 4.93. The molecule has 1 rings (SSSR count). The van der Waals surface area contributed by atoms with E-state index in [2.05, 4.69) is 76.0 Å². The minimum atomic E-state index is 0.454. The first-order valence-corrected chi connectivity index (χ1v) is 6.77. The van der Waals surface area contributed by atoms with Gasteiger partial charge in [-0.2, -0.15) is 0 Å². The van der Waals surface area contributed by atoms with Crippen LogP contribution in [0.1, 0.15) is 30.7 Å². The maximum Gasteiger partial charge on any atom is 0.0406 e. The Morgan fingerprint density at radius 1 is 1.07 bits per heavy atom. The summed E-state index contributed by atoms with van der Waals surface area (Å²) in [4.78, 5) is 1.03. The molecule has 2 atom stereocenters. The molecule has 0 aromatic heterocycles. The molecule has 1 aromatic carbocycles. The second-order valence-electron chi connectivity index (χ2n) is 3.87. The van der Waals surface area contributed by atoms with E-state index in [1.807, 2.05) is 0 Å². The molecule has 0 aliphatic rings. The lowest BCUT2D eigenvalue weighted by Crippen LogP contribution is -2.09. The zero-order chi connectivity index (χ0) is 10.6. The highest BCUT2D eigenvalue weighted by Crippen LogP contribution is 2.32. The van der Waals surface area contributed by atoms with E-state index in [4.69, 9.17) is 0 Å². The van der Waals surface area contributed by atoms with Crippen molar-refractivity contribution >= 4 is 31.9 Å². The van der Waals surface area contributed by atoms with Crippen LogP contribution in [0.3, 0.4) is 0 Å². The summed E-state index contributed by atoms with van der Waals surface area (Å²) in [5.74, 6) is 0.679. The lowest BCUT2D eigenvalue weighted by atomic mass is 10.0. The quantitative estimate of drug-likeness (QED) is 0.690. The Labute approximate surface area is 103 Å². The molecule has 78 valence electrons. The maximum atomic E-state index is 3.72. The van der Waals surface area contributed by atoms with Crippen LogP contribution in [0.15, 0.2) is 30.3 Å². The van der Waals surface area contributed by atoms with Crippen LogP contribution in [0.4, 0.5) is 0 Å². The lowest BCUT2D eigenvalue weighted by molar-refractivity contribution is 0.580. The first kappa shape index (κ1) is 12.3. The van der Waals surface area contributed by atoms with Gasteiger partial charge in [0, 0.05) is 9.65 Å². The molecule has 0 saturated heterocycles. The number of hydrogen-bond donors (Lipinski definition) is 0. The second-order valence-corrected chi connectivity index (χ2v) is 6.16. The smallest absolute Gasteiger partial charge is 0.0406 e. The molecule has 0 spiro atoms. The highest BCUT2D eigenvalue weighted by Gasteiger charge is 2.15. The van der Waals surface area contributed by atoms with E-state index < -0.39 is 0 Å². The average molecular weight is 320 g/mol. The third-order valence-corrected chi connectivity index (χ3v) is 4.65. The summed E-state index contributed by atoms with van der Waals surface area (Å²) in [5, 5.41) is 0. The number of benzene rings is 1. The van der Waals surface area contributed by atoms with Gasteiger partial charge in [-0.15, -0.1) is 0 Å². The fourth-order valence-electron chi connectivity index (χ4n) is 1.27. The summed E-state index contributed by atoms with van der Waals surface area (Å²) in [6.45, 7) is 4.48. The van der Waals surface area contributed by atoms with E-state index in [9.17, 15) is 0 Å². The second kappa shape index (κ2) is 5.92. The van der Waals surface area contributed by atoms with E-state index in [1.54, 1.807) is 0 Å². The lowest BCUT2D eigenvalue weighted by Gasteiger charge is -2.17. The van der Waals surface area contributed by atoms with Crippen molar-refractivity contribution in [2.45, 2.75) is 29.9 Å². The molecule has 1 aromatic rings. The van der Waals surface area contributed by atoms with Crippen molar-refractivity contribution in [2.75, 3.05) is 0 Å². The molecule has 0 amide bonds. The van der Waals surface area contributed by atoms with Crippen molar-refractivity contribution in [2.24, 2.45) is 5.92 Å². The van der Waals surface area contributed by atoms with Gasteiger partial charge in [0.25, 0.3) is 0 Å². The number of hydrogen-bond acceptors (Lipinski definition) is 0. The highest BCUT2D eigenvalue weighted by molar-refractivity contribution is 9.10. The van der Waals surface area contributed by atoms with Crippen molar-refractivity contribution in [3.63, 3.8) is 0 Å². The Morgan fingerprint density at radius 2 is 1.64 bits per heavy atom. The minimum absolute atomic E-state index is 0.454. The molecule has 0 N–H and O–H groups in total. The average Bonchev–Trinajstić information content (AvgIpc) is 2.19. The summed E-state index contributed by atoms with van der Waals surface area (Å²) in [7, 11) is 0. The molecular weight excluding hydrogens is 304 g/mol. The van der Waals surface area contributed by atoms with Crippen LogP contribution in [0.25, 0.3) is 0 Å². The van der Waals surface area contributed by atoms with Crippen LogP contribution in [0.5, 0.6) is 0 Å². The van der Waals surface area contributed by atoms with E-state index in [1.165, 1.54) is 5.56 Å². The van der Waals surface area contributed by atoms with Gasteiger partial charge in [0.1, 0.15) is 0 Å². The molecule has 0 radical (unpaired) electrons. The van der Waals surface area contributed by atoms with Crippen molar-refractivity contribution in [3.05, 3.63) is 35.9 Å². The highest BCUT2D eigenvalue weighted by atomic mass is 79.9. The summed E-state index contributed by atoms with van der Waals surface area (Å²) in [5.41, 5.74) is 1.36. The van der Waals surface area contributed by atoms with Crippen molar-refractivity contribution in [3.8, 4) is 0 Å². The van der Waals surface area contributed by atoms with E-state index >= 15 is 0 Å². The first-order valence-electron chi connectivity index (χ1n) is 4.94. The Kier molecular flexibility index (Phi) is 5.18. The molecule has 14 heavy (non-hydrogen) atoms. The van der Waals surface area contributed by atoms with Crippen LogP contribution in [-0.2, 0) is 0 Å². The van der Waals surface area contributed by atoms with Crippen molar-refractivity contribution in [1.29, 1.82) is 0 Å². The van der Waals surface area contributed by atoms with Gasteiger partial charge in [-0.3, -0.25) is 0 Å². The number of halogens is 2. The monoisotopic (exact) mass is 318 g/mol. The zero-order valence-corrected chi connectivity index (χ0v) is 11.8. The summed E-state index contributed by atoms with van der Waals surface area (Å²) in [6.07, 6.45) is 1.13. The number of rotatable bonds is 4. The third-order valence-electron chi connectivity index (χ3n) is 2.32. The van der Waals surface area contributed by atoms with E-state index in [0.717, 1.165) is 6.42 Å². The zero-order valence-electron chi connectivity index (χ0n) is 8.58. The van der Waals surface area contributed by atoms with Gasteiger partial charge in [0.2, 0.25) is 0 Å². The van der Waals surface area contributed by atoms with Gasteiger partial charge in [-0.1, -0.05) is 76.0 Å². The molecule has 2 unspecified atom stereocenters. The molecule has 0 nitrogen and oxygen atoms in total. The molecule has 0 fully saturated rings. The maximum absolute atomic E-state index is 3.72. The molecule has 0 heterocycles. The molecule has 0 aliphatic carbocycles. The molecule has 0 aliphatic heterocycles. The SMILES string of the molecule is CC(C)C(Br)CC(Br)c1ccccc1. The van der Waals surface area contributed by atoms with Gasteiger partial charge in [-0.05, 0) is 17.9 Å². The Balaban J connectivity index is 2.55. The minimum Gasteiger partial charge on any atom is -0.0887 e. The van der Waals surface area contributed by atoms with Crippen LogP contribution < -0.4 is 0 Å². The Hall–Kier alpha value is 0.180. The molecular formula is C12H16Br2. The van der Waals surface area contributed by atoms with Crippen LogP contribution >= 0.6 is 31.9 Å². The molecule has 0 saturated carbocycles. The first-order chi connectivity index (χ1) is 6.61. The van der Waals surface area contributed by atoms with Crippen molar-refractivity contribution < 1.29 is 0 Å². The van der Waals surface area contributed by atoms with Crippen molar-refractivity contribution in [1.82, 2.24) is 0 Å². The standard InChI is InChI=1S/C12H16Br2/c1-9(2)11(13)8-12(14)10-6-4-3-5-7-10/h3-7,9,11-12H,8H2,1-2H3. The summed E-state index contributed by atoms with van der Waals surface area (Å²) in [6, 6.07) is 10.6. The summed E-state index contributed by atoms with van der Waals surface area (Å²) < 4.78 is 0. The number of alkyl halides is 2. The van der Waals surface area contributed by atoms with E-state index in [-0.39, 0.29) is 0 Å². The Morgan fingerprint density at radius 3 is 2.14 bits per heavy atom. The van der Waals surface area contributed by atoms with Gasteiger partial charge in [0.15, 0.2) is 0 Å². The third kappa shape index (κ3) is 3.74.